The zero-order valence-electron chi connectivity index (χ0n) is 18.2. The van der Waals surface area contributed by atoms with Crippen LogP contribution in [-0.2, 0) is 16.0 Å². The Bertz CT molecular complexity index is 695. The maximum atomic E-state index is 13.1. The molecule has 1 amide bonds. The summed E-state index contributed by atoms with van der Waals surface area (Å²) in [5.74, 6) is 0.202. The maximum absolute atomic E-state index is 13.1. The smallest absolute Gasteiger partial charge is 0.236 e. The van der Waals surface area contributed by atoms with E-state index >= 15 is 0 Å². The van der Waals surface area contributed by atoms with Gasteiger partial charge in [0.05, 0.1) is 25.8 Å². The van der Waals surface area contributed by atoms with E-state index in [0.717, 1.165) is 45.6 Å². The zero-order valence-corrected chi connectivity index (χ0v) is 18.2. The molecule has 0 radical (unpaired) electrons. The van der Waals surface area contributed by atoms with Crippen LogP contribution in [0.2, 0.25) is 0 Å². The fraction of sp³-hybridized carbons (Fsp3) is 0.708. The number of carbonyl (C=O) groups is 1. The first-order valence-electron chi connectivity index (χ1n) is 11.5. The van der Waals surface area contributed by atoms with Gasteiger partial charge in [0.25, 0.3) is 0 Å². The second kappa shape index (κ2) is 9.15. The molecule has 1 aromatic carbocycles. The van der Waals surface area contributed by atoms with Crippen molar-refractivity contribution in [1.82, 2.24) is 15.1 Å². The maximum Gasteiger partial charge on any atom is 0.236 e. The molecule has 0 aromatic heterocycles. The lowest BCUT2D eigenvalue weighted by Gasteiger charge is -2.47. The van der Waals surface area contributed by atoms with E-state index in [2.05, 4.69) is 41.4 Å². The van der Waals surface area contributed by atoms with Crippen molar-refractivity contribution in [3.8, 4) is 0 Å². The molecule has 1 saturated carbocycles. The van der Waals surface area contributed by atoms with Gasteiger partial charge in [-0.3, -0.25) is 9.69 Å². The number of carbonyl (C=O) groups excluding carboxylic acids is 1. The van der Waals surface area contributed by atoms with Crippen LogP contribution in [-0.4, -0.2) is 67.2 Å². The molecule has 1 heterocycles. The quantitative estimate of drug-likeness (QED) is 0.798. The van der Waals surface area contributed by atoms with E-state index < -0.39 is 0 Å². The third-order valence-electron chi connectivity index (χ3n) is 7.67. The van der Waals surface area contributed by atoms with Crippen molar-refractivity contribution in [2.24, 2.45) is 0 Å². The molecule has 1 saturated heterocycles. The molecule has 3 aliphatic rings. The van der Waals surface area contributed by atoms with Crippen LogP contribution in [0.25, 0.3) is 0 Å². The van der Waals surface area contributed by atoms with Gasteiger partial charge >= 0.3 is 0 Å². The number of aryl methyl sites for hydroxylation is 1. The van der Waals surface area contributed by atoms with Gasteiger partial charge in [0.2, 0.25) is 5.91 Å². The Hall–Kier alpha value is -1.43. The summed E-state index contributed by atoms with van der Waals surface area (Å²) in [6, 6.07) is 9.14. The summed E-state index contributed by atoms with van der Waals surface area (Å²) in [6.45, 7) is 6.39. The Morgan fingerprint density at radius 3 is 2.72 bits per heavy atom. The highest BCUT2D eigenvalue weighted by Gasteiger charge is 2.44. The number of benzene rings is 1. The first-order chi connectivity index (χ1) is 14.1. The molecule has 1 aromatic rings. The molecule has 2 atom stereocenters. The number of nitrogens with zero attached hydrogens (tertiary/aromatic N) is 2. The van der Waals surface area contributed by atoms with Gasteiger partial charge in [-0.2, -0.15) is 0 Å². The third kappa shape index (κ3) is 4.23. The predicted octanol–water partition coefficient (Wildman–Crippen LogP) is 3.15. The van der Waals surface area contributed by atoms with Crippen molar-refractivity contribution in [1.29, 1.82) is 0 Å². The molecule has 160 valence electrons. The van der Waals surface area contributed by atoms with E-state index in [4.69, 9.17) is 4.74 Å². The Kier molecular flexibility index (Phi) is 6.57. The minimum atomic E-state index is 0.181. The number of amides is 1. The van der Waals surface area contributed by atoms with Crippen LogP contribution in [0, 0.1) is 0 Å². The SMILES string of the molecule is C[C@H](NCC(=O)N(C)[C@@H]1CCCc2ccccc21)C1(N2CCOCC2)CCCC1. The van der Waals surface area contributed by atoms with Crippen LogP contribution in [0.15, 0.2) is 24.3 Å². The fourth-order valence-electron chi connectivity index (χ4n) is 5.88. The summed E-state index contributed by atoms with van der Waals surface area (Å²) < 4.78 is 5.59. The van der Waals surface area contributed by atoms with E-state index in [-0.39, 0.29) is 17.5 Å². The highest BCUT2D eigenvalue weighted by Crippen LogP contribution is 2.39. The van der Waals surface area contributed by atoms with E-state index in [1.807, 2.05) is 11.9 Å². The van der Waals surface area contributed by atoms with Crippen molar-refractivity contribution < 1.29 is 9.53 Å². The minimum Gasteiger partial charge on any atom is -0.379 e. The van der Waals surface area contributed by atoms with Gasteiger partial charge in [0, 0.05) is 31.7 Å². The number of hydrogen-bond donors (Lipinski definition) is 1. The van der Waals surface area contributed by atoms with E-state index in [0.29, 0.717) is 12.6 Å². The highest BCUT2D eigenvalue weighted by molar-refractivity contribution is 5.78. The highest BCUT2D eigenvalue weighted by atomic mass is 16.5. The molecule has 0 spiro atoms. The first kappa shape index (κ1) is 20.8. The Balaban J connectivity index is 1.38. The summed E-state index contributed by atoms with van der Waals surface area (Å²) in [7, 11) is 1.98. The summed E-state index contributed by atoms with van der Waals surface area (Å²) in [5.41, 5.74) is 2.92. The average Bonchev–Trinajstić information content (AvgIpc) is 3.28. The molecule has 2 aliphatic carbocycles. The van der Waals surface area contributed by atoms with E-state index in [1.54, 1.807) is 0 Å². The zero-order chi connectivity index (χ0) is 20.3. The number of rotatable bonds is 6. The van der Waals surface area contributed by atoms with Gasteiger partial charge < -0.3 is 15.0 Å². The lowest BCUT2D eigenvalue weighted by molar-refractivity contribution is -0.131. The average molecular weight is 400 g/mol. The molecule has 1 N–H and O–H groups in total. The van der Waals surface area contributed by atoms with Crippen LogP contribution in [0.4, 0.5) is 0 Å². The van der Waals surface area contributed by atoms with Crippen molar-refractivity contribution in [3.05, 3.63) is 35.4 Å². The van der Waals surface area contributed by atoms with Crippen molar-refractivity contribution in [3.63, 3.8) is 0 Å². The largest absolute Gasteiger partial charge is 0.379 e. The van der Waals surface area contributed by atoms with Gasteiger partial charge in [-0.25, -0.2) is 0 Å². The van der Waals surface area contributed by atoms with Crippen LogP contribution >= 0.6 is 0 Å². The third-order valence-corrected chi connectivity index (χ3v) is 7.67. The van der Waals surface area contributed by atoms with Crippen LogP contribution < -0.4 is 5.32 Å². The summed E-state index contributed by atoms with van der Waals surface area (Å²) in [4.78, 5) is 17.7. The molecule has 5 nitrogen and oxygen atoms in total. The van der Waals surface area contributed by atoms with Gasteiger partial charge in [-0.1, -0.05) is 37.1 Å². The number of fused-ring (bicyclic) bond motifs is 1. The molecular formula is C24H37N3O2. The Morgan fingerprint density at radius 2 is 1.97 bits per heavy atom. The molecule has 4 rings (SSSR count). The molecular weight excluding hydrogens is 362 g/mol. The van der Waals surface area contributed by atoms with Crippen molar-refractivity contribution in [2.75, 3.05) is 39.9 Å². The number of likely N-dealkylation sites (N-methyl/N-ethyl adjacent to an activating group) is 1. The lowest BCUT2D eigenvalue weighted by Crippen LogP contribution is -2.62. The van der Waals surface area contributed by atoms with E-state index in [9.17, 15) is 4.79 Å². The van der Waals surface area contributed by atoms with Gasteiger partial charge in [0.1, 0.15) is 0 Å². The lowest BCUT2D eigenvalue weighted by atomic mass is 9.86. The van der Waals surface area contributed by atoms with Gasteiger partial charge in [-0.05, 0) is 50.2 Å². The van der Waals surface area contributed by atoms with Crippen LogP contribution in [0.1, 0.15) is 62.6 Å². The molecule has 1 aliphatic heterocycles. The summed E-state index contributed by atoms with van der Waals surface area (Å²) >= 11 is 0. The van der Waals surface area contributed by atoms with Gasteiger partial charge in [-0.15, -0.1) is 0 Å². The van der Waals surface area contributed by atoms with Crippen LogP contribution in [0.3, 0.4) is 0 Å². The van der Waals surface area contributed by atoms with Crippen molar-refractivity contribution in [2.45, 2.75) is 69.5 Å². The molecule has 0 bridgehead atoms. The number of nitrogens with one attached hydrogen (secondary N) is 1. The molecule has 29 heavy (non-hydrogen) atoms. The minimum absolute atomic E-state index is 0.181. The molecule has 5 heteroatoms. The number of morpholine rings is 1. The summed E-state index contributed by atoms with van der Waals surface area (Å²) in [5, 5.41) is 3.63. The standard InChI is InChI=1S/C24H37N3O2/c1-19(24(12-5-6-13-24)27-14-16-29-17-15-27)25-18-23(28)26(2)22-11-7-9-20-8-3-4-10-21(20)22/h3-4,8,10,19,22,25H,5-7,9,11-18H2,1-2H3/t19-,22+/m0/s1. The second-order valence-electron chi connectivity index (χ2n) is 9.12. The first-order valence-corrected chi connectivity index (χ1v) is 11.5. The van der Waals surface area contributed by atoms with Gasteiger partial charge in [0.15, 0.2) is 0 Å². The van der Waals surface area contributed by atoms with E-state index in [1.165, 1.54) is 36.8 Å². The number of ether oxygens (including phenoxy) is 1. The Labute approximate surface area is 175 Å². The number of hydrogen-bond acceptors (Lipinski definition) is 4. The Morgan fingerprint density at radius 1 is 1.24 bits per heavy atom. The predicted molar refractivity (Wildman–Crippen MR) is 116 cm³/mol. The monoisotopic (exact) mass is 399 g/mol. The van der Waals surface area contributed by atoms with Crippen molar-refractivity contribution >= 4 is 5.91 Å². The molecule has 2 fully saturated rings. The topological polar surface area (TPSA) is 44.8 Å². The molecule has 0 unspecified atom stereocenters. The normalized spacial score (nSPS) is 25.4. The second-order valence-corrected chi connectivity index (χ2v) is 9.12. The van der Waals surface area contributed by atoms with Crippen LogP contribution in [0.5, 0.6) is 0 Å². The fourth-order valence-corrected chi connectivity index (χ4v) is 5.88. The summed E-state index contributed by atoms with van der Waals surface area (Å²) in [6.07, 6.45) is 8.37.